The molecule has 31 heteroatoms. The lowest BCUT2D eigenvalue weighted by Gasteiger charge is -2.27. The maximum Gasteiger partial charge on any atom is 0.245 e. The molecule has 0 fully saturated rings. The monoisotopic (exact) mass is 1300 g/mol. The fourth-order valence-electron chi connectivity index (χ4n) is 9.78. The normalized spacial score (nSPS) is 13.9. The van der Waals surface area contributed by atoms with Crippen LogP contribution in [0.15, 0.2) is 120 Å². The number of aliphatic imine (C=N–C) groups is 1. The SMILES string of the molecule is CC(C)C[C@H](NC(=O)CNC(=O)[C@H](Cc1ccccc1)NC(=O)[C@H](CO)NC(=O)[C@H](CC(N)=O)NC(=O)[C@H](Cc1c[nH]c2ccccc12)NC(=O)[C@H](CC(N)=O)NC(=O)[C@@H](N)Cc1ccc(O)cc1)C(=O)N[C@H](CCCN=C(N)N)C(=O)N[C@@H](Cc1ccccc1)C(N)=O. The van der Waals surface area contributed by atoms with Gasteiger partial charge in [-0.15, -0.1) is 0 Å². The minimum atomic E-state index is -1.91. The van der Waals surface area contributed by atoms with Crippen molar-refractivity contribution < 1.29 is 67.7 Å². The largest absolute Gasteiger partial charge is 0.508 e. The summed E-state index contributed by atoms with van der Waals surface area (Å²) in [4.78, 5) is 170. The molecule has 12 amide bonds. The molecule has 1 aromatic heterocycles. The first-order valence-corrected chi connectivity index (χ1v) is 30.1. The van der Waals surface area contributed by atoms with Crippen molar-refractivity contribution in [2.45, 2.75) is 126 Å². The van der Waals surface area contributed by atoms with Crippen LogP contribution in [0, 0.1) is 5.92 Å². The number of carbonyl (C=O) groups is 12. The summed E-state index contributed by atoms with van der Waals surface area (Å²) in [6, 6.07) is 16.0. The highest BCUT2D eigenvalue weighted by molar-refractivity contribution is 6.00. The zero-order valence-corrected chi connectivity index (χ0v) is 51.9. The van der Waals surface area contributed by atoms with Crippen LogP contribution in [-0.2, 0) is 83.2 Å². The zero-order valence-electron chi connectivity index (χ0n) is 51.9. The number of nitrogens with zero attached hydrogens (tertiary/aromatic N) is 1. The van der Waals surface area contributed by atoms with Crippen molar-refractivity contribution in [3.63, 3.8) is 0 Å². The van der Waals surface area contributed by atoms with E-state index >= 15 is 0 Å². The number of aromatic amines is 1. The number of rotatable bonds is 38. The number of nitrogens with one attached hydrogen (secondary N) is 10. The molecule has 94 heavy (non-hydrogen) atoms. The summed E-state index contributed by atoms with van der Waals surface area (Å²) in [5.74, 6) is -12.4. The molecule has 4 aromatic carbocycles. The Labute approximate surface area is 540 Å². The Morgan fingerprint density at radius 3 is 1.50 bits per heavy atom. The van der Waals surface area contributed by atoms with Crippen LogP contribution in [0.3, 0.4) is 0 Å². The number of para-hydroxylation sites is 1. The Hall–Kier alpha value is -11.0. The predicted molar refractivity (Wildman–Crippen MR) is 344 cm³/mol. The molecule has 0 bridgehead atoms. The van der Waals surface area contributed by atoms with Gasteiger partial charge in [0.25, 0.3) is 0 Å². The predicted octanol–water partition coefficient (Wildman–Crippen LogP) is -4.21. The molecule has 31 nitrogen and oxygen atoms in total. The second kappa shape index (κ2) is 36.8. The van der Waals surface area contributed by atoms with Crippen molar-refractivity contribution in [3.05, 3.63) is 138 Å². The number of phenolic OH excluding ortho intramolecular Hbond substituents is 1. The summed E-state index contributed by atoms with van der Waals surface area (Å²) in [5.41, 5.74) is 36.7. The second-order valence-electron chi connectivity index (χ2n) is 22.7. The molecule has 5 rings (SSSR count). The number of nitrogens with two attached hydrogens (primary N) is 6. The molecule has 504 valence electrons. The average molecular weight is 1300 g/mol. The third kappa shape index (κ3) is 24.7. The Bertz CT molecular complexity index is 3470. The third-order valence-corrected chi connectivity index (χ3v) is 14.6. The lowest BCUT2D eigenvalue weighted by atomic mass is 10.0. The van der Waals surface area contributed by atoms with Crippen LogP contribution in [0.25, 0.3) is 10.9 Å². The van der Waals surface area contributed by atoms with Crippen LogP contribution < -0.4 is 82.3 Å². The average Bonchev–Trinajstić information content (AvgIpc) is 1.69. The number of carbonyl (C=O) groups excluding carboxylic acids is 12. The lowest BCUT2D eigenvalue weighted by Crippen LogP contribution is -2.61. The topological polar surface area (TPSA) is 538 Å². The number of H-pyrrole nitrogens is 1. The van der Waals surface area contributed by atoms with Crippen LogP contribution in [-0.4, -0.2) is 166 Å². The number of hydrogen-bond acceptors (Lipinski definition) is 16. The number of aromatic hydroxyl groups is 1. The van der Waals surface area contributed by atoms with Gasteiger partial charge in [-0.3, -0.25) is 62.5 Å². The van der Waals surface area contributed by atoms with Crippen molar-refractivity contribution in [3.8, 4) is 5.75 Å². The maximum absolute atomic E-state index is 14.5. The van der Waals surface area contributed by atoms with E-state index in [2.05, 4.69) is 57.8 Å². The Kier molecular flexibility index (Phi) is 28.9. The van der Waals surface area contributed by atoms with E-state index in [1.165, 1.54) is 24.3 Å². The highest BCUT2D eigenvalue weighted by atomic mass is 16.3. The van der Waals surface area contributed by atoms with Crippen molar-refractivity contribution in [1.29, 1.82) is 0 Å². The van der Waals surface area contributed by atoms with Gasteiger partial charge < -0.3 is 97.5 Å². The minimum absolute atomic E-state index is 0.0204. The molecule has 0 spiro atoms. The molecule has 5 aromatic rings. The second-order valence-corrected chi connectivity index (χ2v) is 22.7. The number of primary amides is 3. The minimum Gasteiger partial charge on any atom is -0.508 e. The van der Waals surface area contributed by atoms with Gasteiger partial charge in [0.05, 0.1) is 32.0 Å². The van der Waals surface area contributed by atoms with E-state index in [9.17, 15) is 67.7 Å². The van der Waals surface area contributed by atoms with Gasteiger partial charge in [0.2, 0.25) is 70.9 Å². The number of aromatic nitrogens is 1. The number of hydrogen-bond donors (Lipinski definition) is 18. The fraction of sp³-hybridized carbons (Fsp3) is 0.381. The number of aliphatic hydroxyl groups is 1. The van der Waals surface area contributed by atoms with Crippen LogP contribution >= 0.6 is 0 Å². The van der Waals surface area contributed by atoms with Gasteiger partial charge in [0.1, 0.15) is 54.1 Å². The molecule has 0 saturated heterocycles. The van der Waals surface area contributed by atoms with E-state index in [0.717, 1.165) is 0 Å². The van der Waals surface area contributed by atoms with Gasteiger partial charge in [-0.2, -0.15) is 0 Å². The number of aliphatic hydroxyl groups excluding tert-OH is 1. The molecular weight excluding hydrogens is 1220 g/mol. The van der Waals surface area contributed by atoms with E-state index in [0.29, 0.717) is 33.2 Å². The first-order valence-electron chi connectivity index (χ1n) is 30.1. The Balaban J connectivity index is 1.30. The fourth-order valence-corrected chi connectivity index (χ4v) is 9.78. The van der Waals surface area contributed by atoms with Crippen LogP contribution in [0.2, 0.25) is 0 Å². The summed E-state index contributed by atoms with van der Waals surface area (Å²) >= 11 is 0. The molecule has 0 aliphatic carbocycles. The smallest absolute Gasteiger partial charge is 0.245 e. The van der Waals surface area contributed by atoms with Gasteiger partial charge in [0.15, 0.2) is 5.96 Å². The van der Waals surface area contributed by atoms with Crippen molar-refractivity contribution in [1.82, 2.24) is 52.8 Å². The van der Waals surface area contributed by atoms with Gasteiger partial charge in [-0.1, -0.05) is 105 Å². The first kappa shape index (κ1) is 73.8. The Morgan fingerprint density at radius 2 is 0.947 bits per heavy atom. The van der Waals surface area contributed by atoms with E-state index in [-0.39, 0.29) is 69.1 Å². The highest BCUT2D eigenvalue weighted by Gasteiger charge is 2.36. The number of benzene rings is 4. The number of fused-ring (bicyclic) bond motifs is 1. The zero-order chi connectivity index (χ0) is 69.0. The molecule has 9 atom stereocenters. The van der Waals surface area contributed by atoms with Gasteiger partial charge in [-0.25, -0.2) is 0 Å². The standard InChI is InChI=1S/C63H83N17O14/c1-34(2)24-45(58(90)74-43(18-11-23-70-63(68)69)57(89)75-44(54(67)86)26-35-12-5-3-6-13-35)73-53(85)32-72-56(88)46(27-36-14-7-4-8-15-36)77-62(94)50(33-81)80-61(93)49(30-52(66)84)79-59(91)47(28-38-31-71-42-17-10-9-16-40(38)42)78-60(92)48(29-51(65)83)76-55(87)41(64)25-37-19-21-39(82)22-20-37/h3-10,12-17,19-22,31,34,41,43-50,71,81-82H,11,18,23-30,32-33,64H2,1-2H3,(H2,65,83)(H2,66,84)(H2,67,86)(H,72,88)(H,73,85)(H,74,90)(H,75,89)(H,76,87)(H,77,94)(H,78,92)(H,79,91)(H,80,93)(H4,68,69,70)/t41-,43+,44-,45-,46-,47-,48-,49-,50-/m0/s1. The van der Waals surface area contributed by atoms with Gasteiger partial charge in [0, 0.05) is 42.9 Å². The quantitative estimate of drug-likeness (QED) is 0.0101. The Morgan fingerprint density at radius 1 is 0.489 bits per heavy atom. The van der Waals surface area contributed by atoms with E-state index < -0.39 is 151 Å². The summed E-state index contributed by atoms with van der Waals surface area (Å²) in [6.45, 7) is 1.72. The van der Waals surface area contributed by atoms with Crippen LogP contribution in [0.4, 0.5) is 0 Å². The van der Waals surface area contributed by atoms with E-state index in [1.807, 2.05) is 0 Å². The van der Waals surface area contributed by atoms with Crippen molar-refractivity contribution in [2.75, 3.05) is 19.7 Å². The highest BCUT2D eigenvalue weighted by Crippen LogP contribution is 2.20. The molecular formula is C63H83N17O14. The summed E-state index contributed by atoms with van der Waals surface area (Å²) < 4.78 is 0. The summed E-state index contributed by atoms with van der Waals surface area (Å²) in [6.07, 6.45) is -0.457. The van der Waals surface area contributed by atoms with Crippen molar-refractivity contribution >= 4 is 87.7 Å². The molecule has 0 radical (unpaired) electrons. The van der Waals surface area contributed by atoms with E-state index in [4.69, 9.17) is 34.4 Å². The summed E-state index contributed by atoms with van der Waals surface area (Å²) in [7, 11) is 0. The first-order chi connectivity index (χ1) is 44.7. The molecule has 0 saturated carbocycles. The molecule has 0 aliphatic heterocycles. The number of phenols is 1. The van der Waals surface area contributed by atoms with Gasteiger partial charge in [-0.05, 0) is 72.1 Å². The van der Waals surface area contributed by atoms with Crippen LogP contribution in [0.5, 0.6) is 5.75 Å². The number of amides is 12. The van der Waals surface area contributed by atoms with Crippen LogP contribution in [0.1, 0.15) is 68.2 Å². The summed E-state index contributed by atoms with van der Waals surface area (Å²) in [5, 5.41) is 43.1. The van der Waals surface area contributed by atoms with Crippen molar-refractivity contribution in [2.24, 2.45) is 45.3 Å². The third-order valence-electron chi connectivity index (χ3n) is 14.6. The maximum atomic E-state index is 14.5. The number of guanidine groups is 1. The molecule has 1 heterocycles. The molecule has 0 aliphatic rings. The van der Waals surface area contributed by atoms with Gasteiger partial charge >= 0.3 is 0 Å². The molecule has 0 unspecified atom stereocenters. The van der Waals surface area contributed by atoms with E-state index in [1.54, 1.807) is 105 Å². The molecule has 24 N–H and O–H groups in total. The lowest BCUT2D eigenvalue weighted by molar-refractivity contribution is -0.136.